The molecule has 3 fully saturated rings. The van der Waals surface area contributed by atoms with Crippen LogP contribution in [0.5, 0.6) is 11.5 Å². The van der Waals surface area contributed by atoms with Crippen molar-refractivity contribution in [2.75, 3.05) is 13.7 Å². The molecule has 216 valence electrons. The van der Waals surface area contributed by atoms with Crippen LogP contribution < -0.4 is 20.1 Å². The minimum Gasteiger partial charge on any atom is -0.496 e. The monoisotopic (exact) mass is 546 g/mol. The number of halogens is 1. The Morgan fingerprint density at radius 2 is 1.74 bits per heavy atom. The number of nitrogens with one attached hydrogen (secondary N) is 2. The number of aliphatic carboxylic acids is 1. The maximum absolute atomic E-state index is 14.9. The van der Waals surface area contributed by atoms with E-state index in [2.05, 4.69) is 24.5 Å². The summed E-state index contributed by atoms with van der Waals surface area (Å²) < 4.78 is 26.2. The topological polar surface area (TPSA) is 114 Å². The number of ether oxygens (including phenoxy) is 2. The molecule has 2 bridgehead atoms. The van der Waals surface area contributed by atoms with Crippen molar-refractivity contribution in [1.82, 2.24) is 10.6 Å². The number of carbonyl (C=O) groups excluding carboxylic acids is 2. The van der Waals surface area contributed by atoms with Crippen LogP contribution in [0.3, 0.4) is 0 Å². The van der Waals surface area contributed by atoms with Crippen molar-refractivity contribution < 1.29 is 33.4 Å². The molecule has 4 unspecified atom stereocenters. The van der Waals surface area contributed by atoms with E-state index >= 15 is 0 Å². The number of hydrogen-bond acceptors (Lipinski definition) is 5. The zero-order chi connectivity index (χ0) is 28.3. The van der Waals surface area contributed by atoms with E-state index in [-0.39, 0.29) is 52.9 Å². The zero-order valence-corrected chi connectivity index (χ0v) is 23.6. The molecule has 3 N–H and O–H groups in total. The largest absolute Gasteiger partial charge is 0.496 e. The summed E-state index contributed by atoms with van der Waals surface area (Å²) in [5.74, 6) is -1.23. The molecular weight excluding hydrogens is 503 g/mol. The minimum atomic E-state index is -0.835. The number of benzene rings is 1. The number of carbonyl (C=O) groups is 3. The summed E-state index contributed by atoms with van der Waals surface area (Å²) in [5, 5.41) is 15.7. The van der Waals surface area contributed by atoms with Crippen molar-refractivity contribution >= 4 is 17.8 Å². The Labute approximate surface area is 230 Å². The lowest BCUT2D eigenvalue weighted by Crippen LogP contribution is -2.50. The van der Waals surface area contributed by atoms with Gasteiger partial charge in [0.2, 0.25) is 5.91 Å². The highest BCUT2D eigenvalue weighted by Gasteiger charge is 2.51. The fraction of sp³-hybridized carbons (Fsp3) is 0.700. The Morgan fingerprint density at radius 3 is 2.36 bits per heavy atom. The SMILES string of the molecule is CCC(CC)CNC(=O)C1C2CCC(C2)C1NC(=O)c1cc(OC2CCC(C)(C(=O)O)CC2)c(F)cc1OC. The number of amides is 2. The van der Waals surface area contributed by atoms with E-state index in [0.717, 1.165) is 38.2 Å². The number of carboxylic acids is 1. The van der Waals surface area contributed by atoms with Crippen molar-refractivity contribution in [3.05, 3.63) is 23.5 Å². The normalized spacial score (nSPS) is 29.7. The van der Waals surface area contributed by atoms with Gasteiger partial charge >= 0.3 is 5.97 Å². The van der Waals surface area contributed by atoms with Crippen LogP contribution in [0.25, 0.3) is 0 Å². The van der Waals surface area contributed by atoms with Crippen molar-refractivity contribution in [3.63, 3.8) is 0 Å². The molecule has 1 aromatic rings. The Bertz CT molecular complexity index is 1070. The summed E-state index contributed by atoms with van der Waals surface area (Å²) in [4.78, 5) is 38.3. The highest BCUT2D eigenvalue weighted by molar-refractivity contribution is 5.98. The van der Waals surface area contributed by atoms with Crippen molar-refractivity contribution in [2.45, 2.75) is 90.7 Å². The highest BCUT2D eigenvalue weighted by Crippen LogP contribution is 2.49. The smallest absolute Gasteiger partial charge is 0.309 e. The van der Waals surface area contributed by atoms with Gasteiger partial charge in [0.1, 0.15) is 5.75 Å². The first-order chi connectivity index (χ1) is 18.6. The zero-order valence-electron chi connectivity index (χ0n) is 23.6. The summed E-state index contributed by atoms with van der Waals surface area (Å²) in [6, 6.07) is 2.22. The fourth-order valence-corrected chi connectivity index (χ4v) is 6.76. The number of methoxy groups -OCH3 is 1. The van der Waals surface area contributed by atoms with Gasteiger partial charge in [0, 0.05) is 18.7 Å². The molecule has 8 nitrogen and oxygen atoms in total. The third-order valence-corrected chi connectivity index (χ3v) is 9.58. The van der Waals surface area contributed by atoms with E-state index in [1.54, 1.807) is 6.92 Å². The molecule has 2 amide bonds. The molecular formula is C30H43FN2O6. The van der Waals surface area contributed by atoms with Gasteiger partial charge in [-0.05, 0) is 75.7 Å². The lowest BCUT2D eigenvalue weighted by molar-refractivity contribution is -0.150. The van der Waals surface area contributed by atoms with Gasteiger partial charge in [-0.3, -0.25) is 14.4 Å². The standard InChI is InChI=1S/C30H43FN2O6/c1-5-17(6-2)16-32-28(35)25-18-7-8-19(13-18)26(25)33-27(34)21-14-24(22(31)15-23(21)38-4)39-20-9-11-30(3,12-10-20)29(36)37/h14-15,17-20,25-26H,5-13,16H2,1-4H3,(H,32,35)(H,33,34)(H,36,37). The minimum absolute atomic E-state index is 0.000142. The van der Waals surface area contributed by atoms with Gasteiger partial charge in [-0.2, -0.15) is 0 Å². The molecule has 4 atom stereocenters. The van der Waals surface area contributed by atoms with Gasteiger partial charge in [0.15, 0.2) is 11.6 Å². The molecule has 3 aliphatic rings. The highest BCUT2D eigenvalue weighted by atomic mass is 19.1. The summed E-state index contributed by atoms with van der Waals surface area (Å²) in [6.45, 7) is 6.60. The maximum atomic E-state index is 14.9. The average molecular weight is 547 g/mol. The van der Waals surface area contributed by atoms with E-state index in [4.69, 9.17) is 9.47 Å². The van der Waals surface area contributed by atoms with Crippen LogP contribution in [0.4, 0.5) is 4.39 Å². The molecule has 1 aromatic carbocycles. The van der Waals surface area contributed by atoms with Crippen LogP contribution in [-0.2, 0) is 9.59 Å². The van der Waals surface area contributed by atoms with Crippen molar-refractivity contribution in [2.24, 2.45) is 29.1 Å². The summed E-state index contributed by atoms with van der Waals surface area (Å²) in [7, 11) is 1.38. The molecule has 3 saturated carbocycles. The van der Waals surface area contributed by atoms with Gasteiger partial charge in [0.05, 0.1) is 30.1 Å². The molecule has 0 aromatic heterocycles. The molecule has 3 aliphatic carbocycles. The number of carboxylic acid groups (broad SMARTS) is 1. The van der Waals surface area contributed by atoms with Crippen LogP contribution in [0.2, 0.25) is 0 Å². The first-order valence-corrected chi connectivity index (χ1v) is 14.5. The fourth-order valence-electron chi connectivity index (χ4n) is 6.76. The molecule has 0 radical (unpaired) electrons. The van der Waals surface area contributed by atoms with E-state index in [1.165, 1.54) is 13.2 Å². The predicted molar refractivity (Wildman–Crippen MR) is 144 cm³/mol. The molecule has 0 aliphatic heterocycles. The molecule has 0 spiro atoms. The van der Waals surface area contributed by atoms with E-state index in [0.29, 0.717) is 38.1 Å². The van der Waals surface area contributed by atoms with E-state index < -0.39 is 23.1 Å². The summed E-state index contributed by atoms with van der Waals surface area (Å²) in [6.07, 6.45) is 6.36. The van der Waals surface area contributed by atoms with Crippen LogP contribution in [0, 0.1) is 34.9 Å². The summed E-state index contributed by atoms with van der Waals surface area (Å²) in [5.41, 5.74) is -0.653. The quantitative estimate of drug-likeness (QED) is 0.362. The van der Waals surface area contributed by atoms with Gasteiger partial charge in [-0.25, -0.2) is 4.39 Å². The molecule has 9 heteroatoms. The second kappa shape index (κ2) is 12.1. The van der Waals surface area contributed by atoms with Crippen molar-refractivity contribution in [3.8, 4) is 11.5 Å². The molecule has 39 heavy (non-hydrogen) atoms. The molecule has 4 rings (SSSR count). The Morgan fingerprint density at radius 1 is 1.08 bits per heavy atom. The number of hydrogen-bond donors (Lipinski definition) is 3. The first-order valence-electron chi connectivity index (χ1n) is 14.5. The number of fused-ring (bicyclic) bond motifs is 2. The van der Waals surface area contributed by atoms with Gasteiger partial charge in [-0.1, -0.05) is 26.7 Å². The van der Waals surface area contributed by atoms with Crippen molar-refractivity contribution in [1.29, 1.82) is 0 Å². The summed E-state index contributed by atoms with van der Waals surface area (Å²) >= 11 is 0. The Hall–Kier alpha value is -2.84. The van der Waals surface area contributed by atoms with Gasteiger partial charge in [0.25, 0.3) is 5.91 Å². The van der Waals surface area contributed by atoms with Crippen LogP contribution >= 0.6 is 0 Å². The second-order valence-corrected chi connectivity index (χ2v) is 12.0. The third-order valence-electron chi connectivity index (χ3n) is 9.58. The lowest BCUT2D eigenvalue weighted by Gasteiger charge is -2.34. The Kier molecular flexibility index (Phi) is 9.07. The third kappa shape index (κ3) is 6.17. The molecule has 0 saturated heterocycles. The Balaban J connectivity index is 1.47. The van der Waals surface area contributed by atoms with E-state index in [9.17, 15) is 23.9 Å². The predicted octanol–water partition coefficient (Wildman–Crippen LogP) is 4.94. The average Bonchev–Trinajstić information content (AvgIpc) is 3.53. The van der Waals surface area contributed by atoms with Crippen LogP contribution in [0.15, 0.2) is 12.1 Å². The van der Waals surface area contributed by atoms with Gasteiger partial charge < -0.3 is 25.2 Å². The number of rotatable bonds is 11. The van der Waals surface area contributed by atoms with Crippen LogP contribution in [0.1, 0.15) is 88.9 Å². The van der Waals surface area contributed by atoms with Gasteiger partial charge in [-0.15, -0.1) is 0 Å². The lowest BCUT2D eigenvalue weighted by atomic mass is 9.75. The molecule has 0 heterocycles. The second-order valence-electron chi connectivity index (χ2n) is 12.0. The maximum Gasteiger partial charge on any atom is 0.309 e. The first kappa shape index (κ1) is 29.2. The van der Waals surface area contributed by atoms with E-state index in [1.807, 2.05) is 0 Å². The van der Waals surface area contributed by atoms with Crippen LogP contribution in [-0.4, -0.2) is 48.7 Å².